The number of nitrogens with zero attached hydrogens (tertiary/aromatic N) is 1. The van der Waals surface area contributed by atoms with Crippen molar-refractivity contribution in [2.75, 3.05) is 18.0 Å². The molecular formula is C13H21N. The van der Waals surface area contributed by atoms with Gasteiger partial charge in [0.25, 0.3) is 0 Å². The Hall–Kier alpha value is -0.980. The minimum absolute atomic E-state index is 1.24. The third kappa shape index (κ3) is 2.28. The zero-order valence-electron chi connectivity index (χ0n) is 9.80. The van der Waals surface area contributed by atoms with Crippen LogP contribution in [0.3, 0.4) is 0 Å². The van der Waals surface area contributed by atoms with Crippen LogP contribution in [0.1, 0.15) is 31.4 Å². The monoisotopic (exact) mass is 191 g/mol. The van der Waals surface area contributed by atoms with Crippen molar-refractivity contribution >= 4 is 5.69 Å². The summed E-state index contributed by atoms with van der Waals surface area (Å²) in [5.41, 5.74) is 4.18. The molecule has 1 aliphatic heterocycles. The summed E-state index contributed by atoms with van der Waals surface area (Å²) in [7, 11) is 0. The van der Waals surface area contributed by atoms with E-state index in [0.29, 0.717) is 0 Å². The van der Waals surface area contributed by atoms with Gasteiger partial charge >= 0.3 is 0 Å². The largest absolute Gasteiger partial charge is 0.371 e. The Kier molecular flexibility index (Phi) is 3.99. The van der Waals surface area contributed by atoms with E-state index in [1.54, 1.807) is 0 Å². The maximum atomic E-state index is 2.42. The summed E-state index contributed by atoms with van der Waals surface area (Å²) in [6.07, 6.45) is 1.35. The molecule has 78 valence electrons. The van der Waals surface area contributed by atoms with Crippen molar-refractivity contribution in [1.29, 1.82) is 0 Å². The lowest BCUT2D eigenvalue weighted by molar-refractivity contribution is 0.617. The smallest absolute Gasteiger partial charge is 0.0369 e. The summed E-state index contributed by atoms with van der Waals surface area (Å²) in [5, 5.41) is 0. The second kappa shape index (κ2) is 5.04. The Balaban J connectivity index is 0.000000461. The maximum Gasteiger partial charge on any atom is 0.0369 e. The van der Waals surface area contributed by atoms with Crippen molar-refractivity contribution in [2.24, 2.45) is 0 Å². The first-order chi connectivity index (χ1) is 6.77. The summed E-state index contributed by atoms with van der Waals surface area (Å²) in [6.45, 7) is 10.8. The molecule has 0 saturated carbocycles. The van der Waals surface area contributed by atoms with Crippen molar-refractivity contribution in [1.82, 2.24) is 0 Å². The highest BCUT2D eigenvalue weighted by atomic mass is 15.2. The van der Waals surface area contributed by atoms with Crippen LogP contribution < -0.4 is 4.90 Å². The first-order valence-electron chi connectivity index (χ1n) is 5.59. The number of hydrogen-bond donors (Lipinski definition) is 0. The fourth-order valence-electron chi connectivity index (χ4n) is 1.50. The highest BCUT2D eigenvalue weighted by Crippen LogP contribution is 2.22. The van der Waals surface area contributed by atoms with E-state index in [9.17, 15) is 0 Å². The molecule has 1 aromatic carbocycles. The van der Waals surface area contributed by atoms with Crippen LogP contribution in [0.2, 0.25) is 0 Å². The molecule has 1 fully saturated rings. The van der Waals surface area contributed by atoms with Gasteiger partial charge in [0.2, 0.25) is 0 Å². The molecule has 1 heterocycles. The lowest BCUT2D eigenvalue weighted by Gasteiger charge is -2.33. The van der Waals surface area contributed by atoms with E-state index in [0.717, 1.165) is 0 Å². The fraction of sp³-hybridized carbons (Fsp3) is 0.538. The molecule has 0 radical (unpaired) electrons. The van der Waals surface area contributed by atoms with Gasteiger partial charge in [0.1, 0.15) is 0 Å². The summed E-state index contributed by atoms with van der Waals surface area (Å²) < 4.78 is 0. The Morgan fingerprint density at radius 3 is 2.07 bits per heavy atom. The van der Waals surface area contributed by atoms with Gasteiger partial charge in [-0.15, -0.1) is 0 Å². The van der Waals surface area contributed by atoms with Crippen molar-refractivity contribution < 1.29 is 0 Å². The van der Waals surface area contributed by atoms with Crippen LogP contribution >= 0.6 is 0 Å². The van der Waals surface area contributed by atoms with Gasteiger partial charge in [0.15, 0.2) is 0 Å². The molecule has 1 aromatic rings. The predicted molar refractivity (Wildman–Crippen MR) is 64.1 cm³/mol. The van der Waals surface area contributed by atoms with Crippen molar-refractivity contribution in [3.63, 3.8) is 0 Å². The van der Waals surface area contributed by atoms with Gasteiger partial charge in [-0.25, -0.2) is 0 Å². The number of aryl methyl sites for hydroxylation is 2. The number of rotatable bonds is 1. The summed E-state index contributed by atoms with van der Waals surface area (Å²) >= 11 is 0. The molecule has 1 saturated heterocycles. The van der Waals surface area contributed by atoms with Gasteiger partial charge < -0.3 is 4.90 Å². The molecule has 1 aliphatic rings. The molecule has 0 bridgehead atoms. The number of anilines is 1. The molecule has 0 aliphatic carbocycles. The molecule has 2 rings (SSSR count). The summed E-state index contributed by atoms with van der Waals surface area (Å²) in [6, 6.07) is 6.72. The highest BCUT2D eigenvalue weighted by Gasteiger charge is 2.13. The van der Waals surface area contributed by atoms with Crippen LogP contribution in [0.15, 0.2) is 18.2 Å². The molecule has 1 heteroatoms. The normalized spacial score (nSPS) is 14.1. The van der Waals surface area contributed by atoms with Crippen LogP contribution in [-0.2, 0) is 0 Å². The molecule has 14 heavy (non-hydrogen) atoms. The first kappa shape index (κ1) is 11.1. The zero-order valence-corrected chi connectivity index (χ0v) is 9.80. The van der Waals surface area contributed by atoms with Gasteiger partial charge in [-0.05, 0) is 43.5 Å². The van der Waals surface area contributed by atoms with E-state index in [4.69, 9.17) is 0 Å². The molecule has 0 amide bonds. The minimum Gasteiger partial charge on any atom is -0.371 e. The average molecular weight is 191 g/mol. The Labute approximate surface area is 87.7 Å². The lowest BCUT2D eigenvalue weighted by atomic mass is 10.1. The van der Waals surface area contributed by atoms with Crippen LogP contribution in [0.5, 0.6) is 0 Å². The molecule has 1 nitrogen and oxygen atoms in total. The quantitative estimate of drug-likeness (QED) is 0.656. The Bertz CT molecular complexity index is 287. The standard InChI is InChI=1S/C11H15N.C2H6/c1-9-4-5-11(8-10(9)2)12-6-3-7-12;1-2/h4-5,8H,3,6-7H2,1-2H3;1-2H3. The fourth-order valence-corrected chi connectivity index (χ4v) is 1.50. The van der Waals surface area contributed by atoms with E-state index in [1.165, 1.54) is 36.3 Å². The second-order valence-corrected chi connectivity index (χ2v) is 3.61. The van der Waals surface area contributed by atoms with Crippen LogP contribution in [-0.4, -0.2) is 13.1 Å². The molecule has 0 aromatic heterocycles. The third-order valence-corrected chi connectivity index (χ3v) is 2.71. The van der Waals surface area contributed by atoms with E-state index in [-0.39, 0.29) is 0 Å². The average Bonchev–Trinajstić information content (AvgIpc) is 2.12. The van der Waals surface area contributed by atoms with Gasteiger partial charge in [0, 0.05) is 18.8 Å². The zero-order chi connectivity index (χ0) is 10.6. The van der Waals surface area contributed by atoms with Crippen molar-refractivity contribution in [3.8, 4) is 0 Å². The highest BCUT2D eigenvalue weighted by molar-refractivity contribution is 5.51. The van der Waals surface area contributed by atoms with E-state index >= 15 is 0 Å². The van der Waals surface area contributed by atoms with Crippen LogP contribution in [0.25, 0.3) is 0 Å². The molecular weight excluding hydrogens is 170 g/mol. The first-order valence-corrected chi connectivity index (χ1v) is 5.59. The van der Waals surface area contributed by atoms with Gasteiger partial charge in [-0.2, -0.15) is 0 Å². The van der Waals surface area contributed by atoms with Crippen LogP contribution in [0, 0.1) is 13.8 Å². The summed E-state index contributed by atoms with van der Waals surface area (Å²) in [5.74, 6) is 0. The predicted octanol–water partition coefficient (Wildman–Crippen LogP) is 3.54. The maximum absolute atomic E-state index is 2.42. The number of benzene rings is 1. The van der Waals surface area contributed by atoms with Gasteiger partial charge in [-0.1, -0.05) is 19.9 Å². The second-order valence-electron chi connectivity index (χ2n) is 3.61. The topological polar surface area (TPSA) is 3.24 Å². The lowest BCUT2D eigenvalue weighted by Crippen LogP contribution is -2.36. The summed E-state index contributed by atoms with van der Waals surface area (Å²) in [4.78, 5) is 2.42. The molecule has 0 spiro atoms. The van der Waals surface area contributed by atoms with E-state index < -0.39 is 0 Å². The third-order valence-electron chi connectivity index (χ3n) is 2.71. The Morgan fingerprint density at radius 2 is 1.64 bits per heavy atom. The van der Waals surface area contributed by atoms with Crippen LogP contribution in [0.4, 0.5) is 5.69 Å². The SMILES string of the molecule is CC.Cc1ccc(N2CCC2)cc1C. The van der Waals surface area contributed by atoms with E-state index in [2.05, 4.69) is 36.9 Å². The van der Waals surface area contributed by atoms with E-state index in [1.807, 2.05) is 13.8 Å². The van der Waals surface area contributed by atoms with Crippen molar-refractivity contribution in [3.05, 3.63) is 29.3 Å². The van der Waals surface area contributed by atoms with Gasteiger partial charge in [-0.3, -0.25) is 0 Å². The Morgan fingerprint density at radius 1 is 1.00 bits per heavy atom. The van der Waals surface area contributed by atoms with Gasteiger partial charge in [0.05, 0.1) is 0 Å². The van der Waals surface area contributed by atoms with Crippen molar-refractivity contribution in [2.45, 2.75) is 34.1 Å². The number of hydrogen-bond acceptors (Lipinski definition) is 1. The molecule has 0 unspecified atom stereocenters. The molecule has 0 N–H and O–H groups in total. The molecule has 0 atom stereocenters. The minimum atomic E-state index is 1.24.